The SMILES string of the molecule is Cc1nc(-c2ccc(C(F)(F)F)cc2)sc1Cn1c(CC(=O)O)cc2ccccc21. The van der Waals surface area contributed by atoms with Gasteiger partial charge >= 0.3 is 12.1 Å². The summed E-state index contributed by atoms with van der Waals surface area (Å²) in [5.41, 5.74) is 2.31. The van der Waals surface area contributed by atoms with Gasteiger partial charge in [0.2, 0.25) is 0 Å². The lowest BCUT2D eigenvalue weighted by atomic mass is 10.1. The summed E-state index contributed by atoms with van der Waals surface area (Å²) in [5, 5.41) is 10.9. The van der Waals surface area contributed by atoms with Crippen LogP contribution in [0.4, 0.5) is 13.2 Å². The predicted molar refractivity (Wildman–Crippen MR) is 110 cm³/mol. The molecule has 0 spiro atoms. The van der Waals surface area contributed by atoms with Crippen molar-refractivity contribution < 1.29 is 23.1 Å². The second-order valence-electron chi connectivity index (χ2n) is 6.95. The van der Waals surface area contributed by atoms with Gasteiger partial charge in [0.25, 0.3) is 0 Å². The summed E-state index contributed by atoms with van der Waals surface area (Å²) in [7, 11) is 0. The lowest BCUT2D eigenvalue weighted by molar-refractivity contribution is -0.138. The Labute approximate surface area is 174 Å². The lowest BCUT2D eigenvalue weighted by Gasteiger charge is -2.09. The lowest BCUT2D eigenvalue weighted by Crippen LogP contribution is -2.09. The molecule has 0 saturated heterocycles. The van der Waals surface area contributed by atoms with Crippen LogP contribution in [0.2, 0.25) is 0 Å². The number of nitrogens with zero attached hydrogens (tertiary/aromatic N) is 2. The van der Waals surface area contributed by atoms with E-state index in [9.17, 15) is 23.1 Å². The molecule has 0 radical (unpaired) electrons. The zero-order chi connectivity index (χ0) is 21.5. The largest absolute Gasteiger partial charge is 0.481 e. The molecule has 0 amide bonds. The highest BCUT2D eigenvalue weighted by molar-refractivity contribution is 7.15. The number of halogens is 3. The number of hydrogen-bond acceptors (Lipinski definition) is 3. The highest BCUT2D eigenvalue weighted by Crippen LogP contribution is 2.34. The number of alkyl halides is 3. The number of para-hydroxylation sites is 1. The quantitative estimate of drug-likeness (QED) is 0.438. The first-order valence-electron chi connectivity index (χ1n) is 9.15. The Morgan fingerprint density at radius 2 is 1.83 bits per heavy atom. The summed E-state index contributed by atoms with van der Waals surface area (Å²) in [4.78, 5) is 16.8. The number of carboxylic acids is 1. The molecule has 0 aliphatic rings. The van der Waals surface area contributed by atoms with Crippen molar-refractivity contribution in [3.05, 3.63) is 76.4 Å². The Balaban J connectivity index is 1.69. The third-order valence-electron chi connectivity index (χ3n) is 4.88. The molecular weight excluding hydrogens is 413 g/mol. The standard InChI is InChI=1S/C22H17F3N2O2S/c1-13-19(30-21(26-13)14-6-8-16(9-7-14)22(23,24)25)12-27-17(11-20(28)29)10-15-4-2-3-5-18(15)27/h2-10H,11-12H2,1H3,(H,28,29). The monoisotopic (exact) mass is 430 g/mol. The van der Waals surface area contributed by atoms with Gasteiger partial charge in [-0.3, -0.25) is 4.79 Å². The number of carboxylic acid groups (broad SMARTS) is 1. The molecule has 30 heavy (non-hydrogen) atoms. The van der Waals surface area contributed by atoms with E-state index in [1.807, 2.05) is 41.8 Å². The van der Waals surface area contributed by atoms with Crippen molar-refractivity contribution in [3.63, 3.8) is 0 Å². The normalized spacial score (nSPS) is 11.9. The maximum atomic E-state index is 12.8. The Morgan fingerprint density at radius 1 is 1.13 bits per heavy atom. The summed E-state index contributed by atoms with van der Waals surface area (Å²) < 4.78 is 40.4. The van der Waals surface area contributed by atoms with Crippen molar-refractivity contribution in [2.24, 2.45) is 0 Å². The minimum absolute atomic E-state index is 0.0989. The van der Waals surface area contributed by atoms with Crippen LogP contribution in [-0.2, 0) is 23.9 Å². The number of rotatable bonds is 5. The second-order valence-corrected chi connectivity index (χ2v) is 8.04. The average molecular weight is 430 g/mol. The fourth-order valence-electron chi connectivity index (χ4n) is 3.40. The summed E-state index contributed by atoms with van der Waals surface area (Å²) in [6.45, 7) is 2.29. The van der Waals surface area contributed by atoms with Crippen LogP contribution in [0, 0.1) is 6.92 Å². The van der Waals surface area contributed by atoms with Crippen LogP contribution < -0.4 is 0 Å². The molecule has 4 aromatic rings. The van der Waals surface area contributed by atoms with Crippen molar-refractivity contribution in [1.29, 1.82) is 0 Å². The van der Waals surface area contributed by atoms with Crippen LogP contribution in [-0.4, -0.2) is 20.6 Å². The molecule has 4 rings (SSSR count). The fraction of sp³-hybridized carbons (Fsp3) is 0.182. The van der Waals surface area contributed by atoms with E-state index in [1.54, 1.807) is 0 Å². The van der Waals surface area contributed by atoms with E-state index in [0.717, 1.165) is 33.6 Å². The van der Waals surface area contributed by atoms with E-state index in [2.05, 4.69) is 4.98 Å². The highest BCUT2D eigenvalue weighted by atomic mass is 32.1. The first-order valence-corrected chi connectivity index (χ1v) is 9.97. The van der Waals surface area contributed by atoms with Gasteiger partial charge in [-0.15, -0.1) is 11.3 Å². The number of carbonyl (C=O) groups is 1. The molecule has 0 bridgehead atoms. The van der Waals surface area contributed by atoms with Crippen LogP contribution >= 0.6 is 11.3 Å². The van der Waals surface area contributed by atoms with Gasteiger partial charge in [-0.1, -0.05) is 30.3 Å². The maximum Gasteiger partial charge on any atom is 0.416 e. The summed E-state index contributed by atoms with van der Waals surface area (Å²) >= 11 is 1.40. The van der Waals surface area contributed by atoms with Gasteiger partial charge in [0.15, 0.2) is 0 Å². The molecule has 2 heterocycles. The topological polar surface area (TPSA) is 55.1 Å². The fourth-order valence-corrected chi connectivity index (χ4v) is 4.46. The Morgan fingerprint density at radius 3 is 2.50 bits per heavy atom. The molecule has 0 unspecified atom stereocenters. The molecule has 0 atom stereocenters. The van der Waals surface area contributed by atoms with Crippen LogP contribution in [0.5, 0.6) is 0 Å². The van der Waals surface area contributed by atoms with E-state index in [4.69, 9.17) is 0 Å². The first-order chi connectivity index (χ1) is 14.2. The van der Waals surface area contributed by atoms with Crippen molar-refractivity contribution in [1.82, 2.24) is 9.55 Å². The zero-order valence-electron chi connectivity index (χ0n) is 15.9. The van der Waals surface area contributed by atoms with Crippen molar-refractivity contribution in [2.75, 3.05) is 0 Å². The molecule has 0 fully saturated rings. The zero-order valence-corrected chi connectivity index (χ0v) is 16.7. The third kappa shape index (κ3) is 3.95. The van der Waals surface area contributed by atoms with Crippen LogP contribution in [0.15, 0.2) is 54.6 Å². The molecule has 1 N–H and O–H groups in total. The minimum Gasteiger partial charge on any atom is -0.481 e. The Hall–Kier alpha value is -3.13. The molecule has 2 aromatic carbocycles. The van der Waals surface area contributed by atoms with Crippen LogP contribution in [0.1, 0.15) is 21.8 Å². The smallest absolute Gasteiger partial charge is 0.416 e. The molecule has 4 nitrogen and oxygen atoms in total. The van der Waals surface area contributed by atoms with Gasteiger partial charge in [-0.2, -0.15) is 13.2 Å². The predicted octanol–water partition coefficient (Wildman–Crippen LogP) is 5.77. The molecular formula is C22H17F3N2O2S. The molecule has 0 aliphatic heterocycles. The summed E-state index contributed by atoms with van der Waals surface area (Å²) in [6.07, 6.45) is -4.48. The van der Waals surface area contributed by atoms with Gasteiger partial charge in [-0.25, -0.2) is 4.98 Å². The van der Waals surface area contributed by atoms with E-state index in [0.29, 0.717) is 22.8 Å². The van der Waals surface area contributed by atoms with Gasteiger partial charge in [0.1, 0.15) is 5.01 Å². The Bertz CT molecular complexity index is 1220. The van der Waals surface area contributed by atoms with Gasteiger partial charge in [-0.05, 0) is 36.6 Å². The summed E-state index contributed by atoms with van der Waals surface area (Å²) in [6, 6.07) is 14.5. The minimum atomic E-state index is -4.38. The molecule has 154 valence electrons. The number of aliphatic carboxylic acids is 1. The van der Waals surface area contributed by atoms with Gasteiger partial charge < -0.3 is 9.67 Å². The maximum absolute atomic E-state index is 12.8. The molecule has 0 saturated carbocycles. The number of thiazole rings is 1. The molecule has 8 heteroatoms. The second kappa shape index (κ2) is 7.60. The third-order valence-corrected chi connectivity index (χ3v) is 6.07. The average Bonchev–Trinajstić information content (AvgIpc) is 3.22. The highest BCUT2D eigenvalue weighted by Gasteiger charge is 2.30. The van der Waals surface area contributed by atoms with E-state index in [1.165, 1.54) is 23.5 Å². The molecule has 2 aromatic heterocycles. The van der Waals surface area contributed by atoms with Crippen LogP contribution in [0.25, 0.3) is 21.5 Å². The number of benzene rings is 2. The Kier molecular flexibility index (Phi) is 5.11. The van der Waals surface area contributed by atoms with Crippen molar-refractivity contribution >= 4 is 28.2 Å². The number of fused-ring (bicyclic) bond motifs is 1. The van der Waals surface area contributed by atoms with Crippen LogP contribution in [0.3, 0.4) is 0 Å². The van der Waals surface area contributed by atoms with E-state index < -0.39 is 17.7 Å². The van der Waals surface area contributed by atoms with Gasteiger partial charge in [0, 0.05) is 21.7 Å². The van der Waals surface area contributed by atoms with Crippen molar-refractivity contribution in [2.45, 2.75) is 26.1 Å². The van der Waals surface area contributed by atoms with Gasteiger partial charge in [0.05, 0.1) is 24.2 Å². The van der Waals surface area contributed by atoms with E-state index in [-0.39, 0.29) is 6.42 Å². The first kappa shape index (κ1) is 20.2. The molecule has 0 aliphatic carbocycles. The van der Waals surface area contributed by atoms with Crippen molar-refractivity contribution in [3.8, 4) is 10.6 Å². The van der Waals surface area contributed by atoms with E-state index >= 15 is 0 Å². The summed E-state index contributed by atoms with van der Waals surface area (Å²) in [5.74, 6) is -0.912. The number of aromatic nitrogens is 2. The number of hydrogen-bond donors (Lipinski definition) is 1. The number of aryl methyl sites for hydroxylation is 1.